The van der Waals surface area contributed by atoms with Gasteiger partial charge in [-0.15, -0.1) is 0 Å². The van der Waals surface area contributed by atoms with Crippen LogP contribution in [0.2, 0.25) is 0 Å². The van der Waals surface area contributed by atoms with Crippen molar-refractivity contribution < 1.29 is 4.74 Å². The fraction of sp³-hybridized carbons (Fsp3) is 1.00. The van der Waals surface area contributed by atoms with Crippen molar-refractivity contribution in [2.75, 3.05) is 33.4 Å². The molecular formula is C14H32N2O. The highest BCUT2D eigenvalue weighted by Crippen LogP contribution is 2.03. The number of rotatable bonds is 11. The maximum Gasteiger partial charge on any atom is 0.0615 e. The molecular weight excluding hydrogens is 212 g/mol. The average molecular weight is 244 g/mol. The van der Waals surface area contributed by atoms with Crippen LogP contribution in [0.1, 0.15) is 47.0 Å². The topological polar surface area (TPSA) is 24.5 Å². The quantitative estimate of drug-likeness (QED) is 0.565. The molecule has 3 heteroatoms. The Morgan fingerprint density at radius 2 is 1.82 bits per heavy atom. The number of hydrogen-bond donors (Lipinski definition) is 1. The summed E-state index contributed by atoms with van der Waals surface area (Å²) < 4.78 is 5.21. The van der Waals surface area contributed by atoms with E-state index in [-0.39, 0.29) is 0 Å². The first kappa shape index (κ1) is 16.9. The Labute approximate surface area is 108 Å². The number of ether oxygens (including phenoxy) is 1. The molecule has 0 aliphatic heterocycles. The molecule has 0 saturated carbocycles. The molecule has 0 aliphatic rings. The minimum atomic E-state index is 0.541. The number of nitrogens with zero attached hydrogens (tertiary/aromatic N) is 1. The Morgan fingerprint density at radius 1 is 1.12 bits per heavy atom. The van der Waals surface area contributed by atoms with E-state index >= 15 is 0 Å². The molecule has 0 aromatic rings. The van der Waals surface area contributed by atoms with Crippen LogP contribution < -0.4 is 5.32 Å². The van der Waals surface area contributed by atoms with Crippen LogP contribution in [-0.2, 0) is 4.74 Å². The van der Waals surface area contributed by atoms with Gasteiger partial charge in [0.1, 0.15) is 0 Å². The van der Waals surface area contributed by atoms with Crippen LogP contribution in [-0.4, -0.2) is 50.3 Å². The van der Waals surface area contributed by atoms with Gasteiger partial charge in [0, 0.05) is 19.2 Å². The van der Waals surface area contributed by atoms with Crippen LogP contribution in [0.25, 0.3) is 0 Å². The lowest BCUT2D eigenvalue weighted by atomic mass is 10.2. The summed E-state index contributed by atoms with van der Waals surface area (Å²) in [6, 6.07) is 1.16. The van der Waals surface area contributed by atoms with E-state index in [2.05, 4.69) is 37.9 Å². The van der Waals surface area contributed by atoms with Crippen LogP contribution in [0.3, 0.4) is 0 Å². The summed E-state index contributed by atoms with van der Waals surface area (Å²) in [5, 5.41) is 3.46. The minimum Gasteiger partial charge on any atom is -0.383 e. The molecule has 104 valence electrons. The van der Waals surface area contributed by atoms with E-state index in [0.717, 1.165) is 19.7 Å². The lowest BCUT2D eigenvalue weighted by Crippen LogP contribution is -2.36. The van der Waals surface area contributed by atoms with Gasteiger partial charge in [-0.2, -0.15) is 0 Å². The molecule has 1 atom stereocenters. The standard InChI is InChI=1S/C14H32N2O/c1-6-16(14(4)12-17-5)11-9-7-8-10-15-13(2)3/h13-15H,6-12H2,1-5H3. The van der Waals surface area contributed by atoms with Crippen molar-refractivity contribution >= 4 is 0 Å². The van der Waals surface area contributed by atoms with Crippen molar-refractivity contribution in [1.29, 1.82) is 0 Å². The number of nitrogens with one attached hydrogen (secondary N) is 1. The highest BCUT2D eigenvalue weighted by Gasteiger charge is 2.10. The molecule has 0 rings (SSSR count). The van der Waals surface area contributed by atoms with Crippen molar-refractivity contribution in [3.05, 3.63) is 0 Å². The number of methoxy groups -OCH3 is 1. The highest BCUT2D eigenvalue weighted by molar-refractivity contribution is 4.65. The van der Waals surface area contributed by atoms with Gasteiger partial charge in [0.2, 0.25) is 0 Å². The maximum absolute atomic E-state index is 5.21. The van der Waals surface area contributed by atoms with Gasteiger partial charge < -0.3 is 10.1 Å². The zero-order valence-electron chi connectivity index (χ0n) is 12.5. The third-order valence-corrected chi connectivity index (χ3v) is 3.11. The molecule has 0 saturated heterocycles. The first-order valence-electron chi connectivity index (χ1n) is 7.08. The SMILES string of the molecule is CCN(CCCCCNC(C)C)C(C)COC. The van der Waals surface area contributed by atoms with E-state index in [1.807, 2.05) is 0 Å². The number of unbranched alkanes of at least 4 members (excludes halogenated alkanes) is 2. The first-order chi connectivity index (χ1) is 8.11. The molecule has 0 fully saturated rings. The van der Waals surface area contributed by atoms with Gasteiger partial charge in [0.05, 0.1) is 6.61 Å². The molecule has 0 radical (unpaired) electrons. The van der Waals surface area contributed by atoms with Gasteiger partial charge in [0.15, 0.2) is 0 Å². The molecule has 0 amide bonds. The van der Waals surface area contributed by atoms with E-state index in [4.69, 9.17) is 4.74 Å². The lowest BCUT2D eigenvalue weighted by Gasteiger charge is -2.27. The zero-order chi connectivity index (χ0) is 13.1. The van der Waals surface area contributed by atoms with Gasteiger partial charge >= 0.3 is 0 Å². The Hall–Kier alpha value is -0.120. The number of likely N-dealkylation sites (N-methyl/N-ethyl adjacent to an activating group) is 1. The fourth-order valence-corrected chi connectivity index (χ4v) is 2.04. The van der Waals surface area contributed by atoms with Gasteiger partial charge in [-0.25, -0.2) is 0 Å². The van der Waals surface area contributed by atoms with Crippen molar-refractivity contribution in [3.8, 4) is 0 Å². The smallest absolute Gasteiger partial charge is 0.0615 e. The van der Waals surface area contributed by atoms with E-state index in [1.165, 1.54) is 25.8 Å². The van der Waals surface area contributed by atoms with Crippen molar-refractivity contribution in [1.82, 2.24) is 10.2 Å². The van der Waals surface area contributed by atoms with Crippen LogP contribution in [0.5, 0.6) is 0 Å². The van der Waals surface area contributed by atoms with E-state index in [0.29, 0.717) is 12.1 Å². The summed E-state index contributed by atoms with van der Waals surface area (Å²) >= 11 is 0. The van der Waals surface area contributed by atoms with E-state index in [9.17, 15) is 0 Å². The second-order valence-electron chi connectivity index (χ2n) is 5.10. The highest BCUT2D eigenvalue weighted by atomic mass is 16.5. The monoisotopic (exact) mass is 244 g/mol. The molecule has 3 nitrogen and oxygen atoms in total. The Morgan fingerprint density at radius 3 is 2.35 bits per heavy atom. The first-order valence-corrected chi connectivity index (χ1v) is 7.08. The van der Waals surface area contributed by atoms with Gasteiger partial charge in [-0.05, 0) is 39.4 Å². The molecule has 0 heterocycles. The fourth-order valence-electron chi connectivity index (χ4n) is 2.04. The second-order valence-corrected chi connectivity index (χ2v) is 5.10. The molecule has 0 bridgehead atoms. The molecule has 1 unspecified atom stereocenters. The molecule has 17 heavy (non-hydrogen) atoms. The Kier molecular flexibility index (Phi) is 10.9. The Balaban J connectivity index is 3.49. The van der Waals surface area contributed by atoms with Crippen molar-refractivity contribution in [2.24, 2.45) is 0 Å². The van der Waals surface area contributed by atoms with Gasteiger partial charge in [0.25, 0.3) is 0 Å². The van der Waals surface area contributed by atoms with E-state index < -0.39 is 0 Å². The van der Waals surface area contributed by atoms with Crippen LogP contribution >= 0.6 is 0 Å². The summed E-state index contributed by atoms with van der Waals surface area (Å²) in [7, 11) is 1.78. The van der Waals surface area contributed by atoms with Crippen LogP contribution in [0, 0.1) is 0 Å². The second kappa shape index (κ2) is 11.0. The Bertz CT molecular complexity index is 162. The predicted molar refractivity (Wildman–Crippen MR) is 75.6 cm³/mol. The summed E-state index contributed by atoms with van der Waals surface area (Å²) in [4.78, 5) is 2.50. The molecule has 0 spiro atoms. The largest absolute Gasteiger partial charge is 0.383 e. The van der Waals surface area contributed by atoms with Crippen molar-refractivity contribution in [3.63, 3.8) is 0 Å². The minimum absolute atomic E-state index is 0.541. The van der Waals surface area contributed by atoms with Gasteiger partial charge in [-0.1, -0.05) is 27.2 Å². The van der Waals surface area contributed by atoms with Crippen molar-refractivity contribution in [2.45, 2.75) is 59.0 Å². The molecule has 0 aliphatic carbocycles. The summed E-state index contributed by atoms with van der Waals surface area (Å²) in [5.41, 5.74) is 0. The summed E-state index contributed by atoms with van der Waals surface area (Å²) in [6.45, 7) is 13.2. The average Bonchev–Trinajstić information content (AvgIpc) is 2.28. The third kappa shape index (κ3) is 9.57. The summed E-state index contributed by atoms with van der Waals surface area (Å²) in [5.74, 6) is 0. The van der Waals surface area contributed by atoms with E-state index in [1.54, 1.807) is 7.11 Å². The predicted octanol–water partition coefficient (Wildman–Crippen LogP) is 2.51. The summed E-state index contributed by atoms with van der Waals surface area (Å²) in [6.07, 6.45) is 3.89. The normalized spacial score (nSPS) is 13.6. The third-order valence-electron chi connectivity index (χ3n) is 3.11. The molecule has 0 aromatic heterocycles. The maximum atomic E-state index is 5.21. The zero-order valence-corrected chi connectivity index (χ0v) is 12.5. The van der Waals surface area contributed by atoms with Crippen LogP contribution in [0.4, 0.5) is 0 Å². The number of hydrogen-bond acceptors (Lipinski definition) is 3. The molecule has 0 aromatic carbocycles. The van der Waals surface area contributed by atoms with Gasteiger partial charge in [-0.3, -0.25) is 4.90 Å². The molecule has 1 N–H and O–H groups in total. The van der Waals surface area contributed by atoms with Crippen LogP contribution in [0.15, 0.2) is 0 Å². The lowest BCUT2D eigenvalue weighted by molar-refractivity contribution is 0.101.